The molecule has 0 N–H and O–H groups in total. The van der Waals surface area contributed by atoms with E-state index in [1.165, 1.54) is 11.8 Å². The highest BCUT2D eigenvalue weighted by molar-refractivity contribution is 14.1. The predicted octanol–water partition coefficient (Wildman–Crippen LogP) is 6.49. The summed E-state index contributed by atoms with van der Waals surface area (Å²) in [6.45, 7) is 5.45. The monoisotopic (exact) mass is 560 g/mol. The van der Waals surface area contributed by atoms with Crippen LogP contribution in [0.3, 0.4) is 0 Å². The molecule has 152 valence electrons. The number of rotatable bonds is 6. The highest BCUT2D eigenvalue weighted by atomic mass is 127. The van der Waals surface area contributed by atoms with E-state index >= 15 is 0 Å². The number of carbonyl (C=O) groups excluding carboxylic acids is 1. The van der Waals surface area contributed by atoms with Gasteiger partial charge >= 0.3 is 0 Å². The summed E-state index contributed by atoms with van der Waals surface area (Å²) in [5, 5.41) is 1.53. The molecule has 2 aromatic rings. The van der Waals surface area contributed by atoms with Crippen LogP contribution in [0.2, 0.25) is 10.0 Å². The second kappa shape index (κ2) is 10.2. The first-order chi connectivity index (χ1) is 13.9. The van der Waals surface area contributed by atoms with Gasteiger partial charge in [-0.3, -0.25) is 14.7 Å². The largest absolute Gasteiger partial charge is 0.486 e. The van der Waals surface area contributed by atoms with Crippen molar-refractivity contribution in [1.29, 1.82) is 0 Å². The number of halogens is 3. The Morgan fingerprint density at radius 3 is 2.41 bits per heavy atom. The minimum Gasteiger partial charge on any atom is -0.486 e. The second-order valence-electron chi connectivity index (χ2n) is 6.15. The van der Waals surface area contributed by atoms with Crippen LogP contribution in [-0.4, -0.2) is 29.1 Å². The smallest absolute Gasteiger partial charge is 0.266 e. The predicted molar refractivity (Wildman–Crippen MR) is 131 cm³/mol. The van der Waals surface area contributed by atoms with Crippen LogP contribution in [0.1, 0.15) is 25.0 Å². The van der Waals surface area contributed by atoms with Crippen molar-refractivity contribution in [2.24, 2.45) is 4.99 Å². The Labute approximate surface area is 198 Å². The SMILES string of the molecule is CCN=C1S/C(=C/c2cc(Cl)c(OCc3ccc(I)cc3)c(Cl)c2)C(=O)N1CC. The first kappa shape index (κ1) is 22.5. The van der Waals surface area contributed by atoms with Crippen LogP contribution in [0, 0.1) is 3.57 Å². The molecule has 29 heavy (non-hydrogen) atoms. The maximum atomic E-state index is 12.6. The lowest BCUT2D eigenvalue weighted by atomic mass is 10.2. The quantitative estimate of drug-likeness (QED) is 0.299. The van der Waals surface area contributed by atoms with Crippen molar-refractivity contribution in [2.45, 2.75) is 20.5 Å². The van der Waals surface area contributed by atoms with Crippen molar-refractivity contribution < 1.29 is 9.53 Å². The number of ether oxygens (including phenoxy) is 1. The summed E-state index contributed by atoms with van der Waals surface area (Å²) >= 11 is 16.5. The number of likely N-dealkylation sites (N-methyl/N-ethyl adjacent to an activating group) is 1. The third-order valence-electron chi connectivity index (χ3n) is 4.11. The van der Waals surface area contributed by atoms with Gasteiger partial charge in [-0.1, -0.05) is 35.3 Å². The lowest BCUT2D eigenvalue weighted by Crippen LogP contribution is -2.28. The molecule has 4 nitrogen and oxygen atoms in total. The van der Waals surface area contributed by atoms with E-state index in [-0.39, 0.29) is 5.91 Å². The van der Waals surface area contributed by atoms with E-state index in [4.69, 9.17) is 27.9 Å². The zero-order valence-electron chi connectivity index (χ0n) is 15.9. The van der Waals surface area contributed by atoms with Crippen molar-refractivity contribution >= 4 is 74.7 Å². The normalized spacial score (nSPS) is 16.9. The van der Waals surface area contributed by atoms with Crippen molar-refractivity contribution in [3.63, 3.8) is 0 Å². The van der Waals surface area contributed by atoms with Crippen LogP contribution in [0.5, 0.6) is 5.75 Å². The van der Waals surface area contributed by atoms with Gasteiger partial charge in [0.2, 0.25) is 0 Å². The number of nitrogens with zero attached hydrogens (tertiary/aromatic N) is 2. The molecule has 0 atom stereocenters. The number of hydrogen-bond donors (Lipinski definition) is 0. The van der Waals surface area contributed by atoms with Gasteiger partial charge in [0.15, 0.2) is 10.9 Å². The summed E-state index contributed by atoms with van der Waals surface area (Å²) in [5.74, 6) is 0.374. The first-order valence-electron chi connectivity index (χ1n) is 9.05. The summed E-state index contributed by atoms with van der Waals surface area (Å²) in [4.78, 5) is 19.3. The number of amidine groups is 1. The fraction of sp³-hybridized carbons (Fsp3) is 0.238. The lowest BCUT2D eigenvalue weighted by Gasteiger charge is -2.12. The Morgan fingerprint density at radius 1 is 1.17 bits per heavy atom. The van der Waals surface area contributed by atoms with Crippen molar-refractivity contribution in [3.8, 4) is 5.75 Å². The van der Waals surface area contributed by atoms with E-state index < -0.39 is 0 Å². The second-order valence-corrected chi connectivity index (χ2v) is 9.21. The summed E-state index contributed by atoms with van der Waals surface area (Å²) in [6.07, 6.45) is 1.79. The summed E-state index contributed by atoms with van der Waals surface area (Å²) in [6, 6.07) is 11.5. The summed E-state index contributed by atoms with van der Waals surface area (Å²) in [5.41, 5.74) is 1.77. The molecular weight excluding hydrogens is 542 g/mol. The van der Waals surface area contributed by atoms with Gasteiger partial charge in [0.1, 0.15) is 6.61 Å². The third-order valence-corrected chi connectivity index (χ3v) is 6.44. The molecule has 8 heteroatoms. The molecule has 1 aliphatic heterocycles. The molecule has 1 fully saturated rings. The van der Waals surface area contributed by atoms with Gasteiger partial charge in [-0.25, -0.2) is 0 Å². The number of aliphatic imine (C=N–C) groups is 1. The highest BCUT2D eigenvalue weighted by Crippen LogP contribution is 2.37. The van der Waals surface area contributed by atoms with Gasteiger partial charge in [-0.2, -0.15) is 0 Å². The van der Waals surface area contributed by atoms with Gasteiger partial charge in [-0.05, 0) is 89.7 Å². The number of hydrogen-bond acceptors (Lipinski definition) is 4. The first-order valence-corrected chi connectivity index (χ1v) is 11.7. The van der Waals surface area contributed by atoms with E-state index in [0.29, 0.717) is 40.4 Å². The molecule has 1 aliphatic rings. The molecule has 0 saturated carbocycles. The highest BCUT2D eigenvalue weighted by Gasteiger charge is 2.31. The van der Waals surface area contributed by atoms with E-state index in [1.807, 2.05) is 38.1 Å². The number of thioether (sulfide) groups is 1. The Hall–Kier alpha value is -1.22. The van der Waals surface area contributed by atoms with Crippen molar-refractivity contribution in [2.75, 3.05) is 13.1 Å². The van der Waals surface area contributed by atoms with Crippen molar-refractivity contribution in [1.82, 2.24) is 4.90 Å². The van der Waals surface area contributed by atoms with Gasteiger partial charge in [0.25, 0.3) is 5.91 Å². The average Bonchev–Trinajstić information content (AvgIpc) is 2.97. The number of amides is 1. The van der Waals surface area contributed by atoms with Crippen LogP contribution >= 0.6 is 57.6 Å². The Morgan fingerprint density at radius 2 is 1.83 bits per heavy atom. The molecule has 0 spiro atoms. The van der Waals surface area contributed by atoms with Crippen LogP contribution in [0.25, 0.3) is 6.08 Å². The molecule has 1 amide bonds. The molecule has 1 saturated heterocycles. The van der Waals surface area contributed by atoms with E-state index in [9.17, 15) is 4.79 Å². The minimum absolute atomic E-state index is 0.0593. The number of benzene rings is 2. The zero-order valence-corrected chi connectivity index (χ0v) is 20.4. The zero-order chi connectivity index (χ0) is 21.0. The van der Waals surface area contributed by atoms with Gasteiger partial charge in [-0.15, -0.1) is 0 Å². The van der Waals surface area contributed by atoms with E-state index in [2.05, 4.69) is 27.6 Å². The lowest BCUT2D eigenvalue weighted by molar-refractivity contribution is -0.122. The molecule has 0 unspecified atom stereocenters. The standard InChI is InChI=1S/C21H19Cl2IN2O2S/c1-3-25-21-26(4-2)20(27)18(29-21)11-14-9-16(22)19(17(23)10-14)28-12-13-5-7-15(24)8-6-13/h5-11H,3-4,12H2,1-2H3/b18-11+,25-21?. The van der Waals surface area contributed by atoms with Crippen LogP contribution in [0.4, 0.5) is 0 Å². The third kappa shape index (κ3) is 5.48. The summed E-state index contributed by atoms with van der Waals surface area (Å²) in [7, 11) is 0. The van der Waals surface area contributed by atoms with Gasteiger partial charge in [0.05, 0.1) is 15.0 Å². The minimum atomic E-state index is -0.0593. The van der Waals surface area contributed by atoms with E-state index in [0.717, 1.165) is 19.9 Å². The molecule has 0 aliphatic carbocycles. The Bertz CT molecular complexity index is 954. The number of carbonyl (C=O) groups is 1. The average molecular weight is 561 g/mol. The molecule has 0 bridgehead atoms. The topological polar surface area (TPSA) is 41.9 Å². The summed E-state index contributed by atoms with van der Waals surface area (Å²) < 4.78 is 7.00. The fourth-order valence-electron chi connectivity index (χ4n) is 2.73. The molecular formula is C21H19Cl2IN2O2S. The molecule has 0 aromatic heterocycles. The molecule has 0 radical (unpaired) electrons. The molecule has 1 heterocycles. The Balaban J connectivity index is 1.80. The maximum absolute atomic E-state index is 12.6. The molecule has 2 aromatic carbocycles. The molecule has 3 rings (SSSR count). The van der Waals surface area contributed by atoms with Gasteiger partial charge < -0.3 is 4.74 Å². The fourth-order valence-corrected chi connectivity index (χ4v) is 4.81. The van der Waals surface area contributed by atoms with Crippen LogP contribution in [0.15, 0.2) is 46.3 Å². The van der Waals surface area contributed by atoms with Crippen LogP contribution < -0.4 is 4.74 Å². The van der Waals surface area contributed by atoms with Gasteiger partial charge in [0, 0.05) is 16.7 Å². The maximum Gasteiger partial charge on any atom is 0.266 e. The van der Waals surface area contributed by atoms with E-state index in [1.54, 1.807) is 23.1 Å². The van der Waals surface area contributed by atoms with Crippen LogP contribution in [-0.2, 0) is 11.4 Å². The Kier molecular flexibility index (Phi) is 7.90. The van der Waals surface area contributed by atoms with Crippen molar-refractivity contribution in [3.05, 3.63) is 66.0 Å².